The Bertz CT molecular complexity index is 778. The number of hydrogen-bond donors (Lipinski definition) is 1. The first-order valence-electron chi connectivity index (χ1n) is 6.04. The van der Waals surface area contributed by atoms with Gasteiger partial charge in [0, 0.05) is 35.4 Å². The molecule has 1 N–H and O–H groups in total. The molecule has 0 spiro atoms. The summed E-state index contributed by atoms with van der Waals surface area (Å²) in [7, 11) is 1.87. The minimum Gasteiger partial charge on any atom is -0.278 e. The number of rotatable bonds is 3. The normalized spacial score (nSPS) is 11.3. The molecule has 0 saturated carbocycles. The number of pyridine rings is 1. The standard InChI is InChI=1S/C14H12ClN5/c1-20-9-10(8-18-20)7-17-19-13-4-5-16-14-6-11(15)2-3-12(13)14/h2-9H,1H3,(H,16,19)/b17-7+. The van der Waals surface area contributed by atoms with E-state index in [-0.39, 0.29) is 0 Å². The predicted octanol–water partition coefficient (Wildman–Crippen LogP) is 3.07. The molecule has 6 heteroatoms. The molecule has 1 aromatic carbocycles. The molecular weight excluding hydrogens is 274 g/mol. The molecule has 0 aliphatic carbocycles. The van der Waals surface area contributed by atoms with Crippen LogP contribution < -0.4 is 5.43 Å². The van der Waals surface area contributed by atoms with Gasteiger partial charge >= 0.3 is 0 Å². The molecule has 100 valence electrons. The smallest absolute Gasteiger partial charge is 0.0738 e. The number of benzene rings is 1. The maximum atomic E-state index is 5.96. The highest BCUT2D eigenvalue weighted by Gasteiger charge is 2.01. The van der Waals surface area contributed by atoms with Crippen LogP contribution in [0.2, 0.25) is 5.02 Å². The van der Waals surface area contributed by atoms with Crippen LogP contribution in [-0.2, 0) is 7.05 Å². The van der Waals surface area contributed by atoms with Gasteiger partial charge in [-0.3, -0.25) is 15.1 Å². The van der Waals surface area contributed by atoms with E-state index in [1.807, 2.05) is 37.5 Å². The summed E-state index contributed by atoms with van der Waals surface area (Å²) in [5.74, 6) is 0. The van der Waals surface area contributed by atoms with E-state index < -0.39 is 0 Å². The molecule has 0 saturated heterocycles. The molecule has 0 aliphatic rings. The van der Waals surface area contributed by atoms with Gasteiger partial charge in [0.25, 0.3) is 0 Å². The number of hydrogen-bond acceptors (Lipinski definition) is 4. The zero-order valence-corrected chi connectivity index (χ0v) is 11.5. The van der Waals surface area contributed by atoms with E-state index in [1.54, 1.807) is 23.3 Å². The average molecular weight is 286 g/mol. The molecule has 0 amide bonds. The number of anilines is 1. The fourth-order valence-electron chi connectivity index (χ4n) is 1.90. The third-order valence-electron chi connectivity index (χ3n) is 2.83. The summed E-state index contributed by atoms with van der Waals surface area (Å²) >= 11 is 5.96. The van der Waals surface area contributed by atoms with Gasteiger partial charge in [0.2, 0.25) is 0 Å². The first-order valence-corrected chi connectivity index (χ1v) is 6.42. The molecule has 0 bridgehead atoms. The highest BCUT2D eigenvalue weighted by molar-refractivity contribution is 6.31. The first-order chi connectivity index (χ1) is 9.72. The van der Waals surface area contributed by atoms with Crippen molar-refractivity contribution >= 4 is 34.4 Å². The molecule has 0 radical (unpaired) electrons. The second-order valence-electron chi connectivity index (χ2n) is 4.34. The Balaban J connectivity index is 1.86. The van der Waals surface area contributed by atoms with Crippen LogP contribution in [0.3, 0.4) is 0 Å². The summed E-state index contributed by atoms with van der Waals surface area (Å²) in [4.78, 5) is 4.28. The third kappa shape index (κ3) is 2.62. The van der Waals surface area contributed by atoms with Crippen molar-refractivity contribution in [3.63, 3.8) is 0 Å². The van der Waals surface area contributed by atoms with Crippen LogP contribution in [-0.4, -0.2) is 21.0 Å². The topological polar surface area (TPSA) is 55.1 Å². The number of nitrogens with zero attached hydrogens (tertiary/aromatic N) is 4. The van der Waals surface area contributed by atoms with E-state index in [9.17, 15) is 0 Å². The van der Waals surface area contributed by atoms with Gasteiger partial charge in [0.05, 0.1) is 23.6 Å². The van der Waals surface area contributed by atoms with Gasteiger partial charge in [-0.05, 0) is 24.3 Å². The number of nitrogens with one attached hydrogen (secondary N) is 1. The Hall–Kier alpha value is -2.40. The van der Waals surface area contributed by atoms with Crippen LogP contribution >= 0.6 is 11.6 Å². The van der Waals surface area contributed by atoms with Crippen molar-refractivity contribution in [1.82, 2.24) is 14.8 Å². The van der Waals surface area contributed by atoms with E-state index in [0.717, 1.165) is 22.2 Å². The van der Waals surface area contributed by atoms with E-state index in [0.29, 0.717) is 5.02 Å². The Morgan fingerprint density at radius 3 is 3.05 bits per heavy atom. The average Bonchev–Trinajstić information content (AvgIpc) is 2.84. The minimum absolute atomic E-state index is 0.668. The monoisotopic (exact) mass is 285 g/mol. The molecule has 2 heterocycles. The molecule has 3 aromatic rings. The van der Waals surface area contributed by atoms with Crippen molar-refractivity contribution < 1.29 is 0 Å². The lowest BCUT2D eigenvalue weighted by molar-refractivity contribution is 0.767. The summed E-state index contributed by atoms with van der Waals surface area (Å²) in [6.07, 6.45) is 7.07. The molecule has 3 rings (SSSR count). The van der Waals surface area contributed by atoms with Gasteiger partial charge in [-0.1, -0.05) is 11.6 Å². The molecule has 0 atom stereocenters. The second-order valence-corrected chi connectivity index (χ2v) is 4.77. The van der Waals surface area contributed by atoms with Gasteiger partial charge in [-0.2, -0.15) is 10.2 Å². The van der Waals surface area contributed by atoms with Crippen molar-refractivity contribution in [3.8, 4) is 0 Å². The largest absolute Gasteiger partial charge is 0.278 e. The van der Waals surface area contributed by atoms with Crippen molar-refractivity contribution in [2.24, 2.45) is 12.1 Å². The summed E-state index contributed by atoms with van der Waals surface area (Å²) in [5, 5.41) is 9.92. The van der Waals surface area contributed by atoms with Gasteiger partial charge < -0.3 is 0 Å². The predicted molar refractivity (Wildman–Crippen MR) is 81.2 cm³/mol. The SMILES string of the molecule is Cn1cc(/C=N/Nc2ccnc3cc(Cl)ccc23)cn1. The maximum absolute atomic E-state index is 5.96. The Kier molecular flexibility index (Phi) is 3.35. The Morgan fingerprint density at radius 1 is 1.35 bits per heavy atom. The maximum Gasteiger partial charge on any atom is 0.0738 e. The highest BCUT2D eigenvalue weighted by Crippen LogP contribution is 2.24. The molecule has 20 heavy (non-hydrogen) atoms. The van der Waals surface area contributed by atoms with Gasteiger partial charge in [0.1, 0.15) is 0 Å². The zero-order chi connectivity index (χ0) is 13.9. The van der Waals surface area contributed by atoms with Crippen LogP contribution in [0.4, 0.5) is 5.69 Å². The summed E-state index contributed by atoms with van der Waals surface area (Å²) in [5.41, 5.74) is 5.66. The molecule has 0 aliphatic heterocycles. The summed E-state index contributed by atoms with van der Waals surface area (Å²) in [6.45, 7) is 0. The number of aryl methyl sites for hydroxylation is 1. The highest BCUT2D eigenvalue weighted by atomic mass is 35.5. The van der Waals surface area contributed by atoms with Crippen molar-refractivity contribution in [2.75, 3.05) is 5.43 Å². The number of aromatic nitrogens is 3. The minimum atomic E-state index is 0.668. The first kappa shape index (κ1) is 12.6. The molecule has 5 nitrogen and oxygen atoms in total. The van der Waals surface area contributed by atoms with E-state index in [2.05, 4.69) is 20.6 Å². The van der Waals surface area contributed by atoms with Gasteiger partial charge in [-0.15, -0.1) is 0 Å². The van der Waals surface area contributed by atoms with Crippen molar-refractivity contribution in [2.45, 2.75) is 0 Å². The fraction of sp³-hybridized carbons (Fsp3) is 0.0714. The van der Waals surface area contributed by atoms with Crippen LogP contribution in [0.5, 0.6) is 0 Å². The van der Waals surface area contributed by atoms with Gasteiger partial charge in [-0.25, -0.2) is 0 Å². The van der Waals surface area contributed by atoms with Gasteiger partial charge in [0.15, 0.2) is 0 Å². The lowest BCUT2D eigenvalue weighted by atomic mass is 10.2. The number of hydrazone groups is 1. The lowest BCUT2D eigenvalue weighted by Crippen LogP contribution is -1.92. The van der Waals surface area contributed by atoms with Crippen LogP contribution in [0, 0.1) is 0 Å². The van der Waals surface area contributed by atoms with Crippen LogP contribution in [0.25, 0.3) is 10.9 Å². The van der Waals surface area contributed by atoms with Crippen LogP contribution in [0.1, 0.15) is 5.56 Å². The lowest BCUT2D eigenvalue weighted by Gasteiger charge is -2.04. The van der Waals surface area contributed by atoms with Crippen molar-refractivity contribution in [3.05, 3.63) is 53.4 Å². The molecular formula is C14H12ClN5. The fourth-order valence-corrected chi connectivity index (χ4v) is 2.07. The van der Waals surface area contributed by atoms with Crippen LogP contribution in [0.15, 0.2) is 48.0 Å². The number of halogens is 1. The third-order valence-corrected chi connectivity index (χ3v) is 3.06. The van der Waals surface area contributed by atoms with E-state index in [4.69, 9.17) is 11.6 Å². The second kappa shape index (κ2) is 5.30. The Labute approximate surface area is 120 Å². The van der Waals surface area contributed by atoms with E-state index >= 15 is 0 Å². The van der Waals surface area contributed by atoms with Crippen molar-refractivity contribution in [1.29, 1.82) is 0 Å². The molecule has 0 unspecified atom stereocenters. The van der Waals surface area contributed by atoms with E-state index in [1.165, 1.54) is 0 Å². The zero-order valence-electron chi connectivity index (χ0n) is 10.8. The molecule has 0 fully saturated rings. The Morgan fingerprint density at radius 2 is 2.25 bits per heavy atom. The quantitative estimate of drug-likeness (QED) is 0.594. The summed E-state index contributed by atoms with van der Waals surface area (Å²) < 4.78 is 1.73. The summed E-state index contributed by atoms with van der Waals surface area (Å²) in [6, 6.07) is 7.46. The number of fused-ring (bicyclic) bond motifs is 1. The molecule has 2 aromatic heterocycles.